The number of H-pyrrole nitrogens is 4. The van der Waals surface area contributed by atoms with E-state index >= 15 is 57.5 Å². The van der Waals surface area contributed by atoms with Gasteiger partial charge in [-0.3, -0.25) is 68.4 Å². The molecule has 34 heteroatoms. The van der Waals surface area contributed by atoms with E-state index in [1.54, 1.807) is 91.5 Å². The second kappa shape index (κ2) is 43.1. The topological polar surface area (TPSA) is 514 Å². The SMILES string of the molecule is N=C(N)CCCC[C@@H]1NC(=O)[C@@H](Cc2ccccc2)NC(=O)[C@H](Cc2c[nH]cn2)NC(=O)C2(CCCCC2)NC(=O)[C@@H]2CSSC[C@H](CC(=O)[C@H](Cc3c[nH]c4ccccc34)CC1=O)C(=O)CC1(CCNCC1)C(=O)C[C@@H](Cc1c[nH]cn1)C(=O)N[C@H](Cc1ccccc1)C(=O)N[C@@H](CCCNC(=N)N)C(=O)N[C@@H](Cc1c[nH]c3ccccc13)C(=O)N2. The van der Waals surface area contributed by atoms with E-state index in [-0.39, 0.29) is 139 Å². The lowest BCUT2D eigenvalue weighted by atomic mass is 9.68. The number of nitrogens with two attached hydrogens (primary N) is 2. The molecule has 646 valence electrons. The van der Waals surface area contributed by atoms with Crippen LogP contribution in [0.2, 0.25) is 0 Å². The minimum Gasteiger partial charge on any atom is -0.388 e. The van der Waals surface area contributed by atoms with Gasteiger partial charge in [-0.2, -0.15) is 0 Å². The Morgan fingerprint density at radius 3 is 1.59 bits per heavy atom. The van der Waals surface area contributed by atoms with Crippen LogP contribution in [0.15, 0.2) is 147 Å². The Kier molecular flexibility index (Phi) is 31.6. The normalized spacial score (nSPS) is 23.9. The number of carbonyl (C=O) groups excluding carboxylic acids is 12. The highest BCUT2D eigenvalue weighted by atomic mass is 33.1. The van der Waals surface area contributed by atoms with Gasteiger partial charge in [0.1, 0.15) is 59.1 Å². The van der Waals surface area contributed by atoms with E-state index in [0.29, 0.717) is 70.2 Å². The summed E-state index contributed by atoms with van der Waals surface area (Å²) in [5, 5.41) is 47.2. The van der Waals surface area contributed by atoms with Gasteiger partial charge in [-0.1, -0.05) is 144 Å². The molecular weight excluding hydrogens is 1590 g/mol. The summed E-state index contributed by atoms with van der Waals surface area (Å²) >= 11 is 0. The maximum Gasteiger partial charge on any atom is 0.246 e. The molecule has 4 aliphatic rings. The second-order valence-electron chi connectivity index (χ2n) is 32.6. The standard InChI is InChI=1S/C88H110N20O12S2/c89-77(90)27-13-12-25-66-74(110)40-55(37-57-45-97-64-23-10-8-21-62(57)64)73(109)41-59-49-121-122-50-72(84(119)108-88(28-14-3-15-29-88)85(120)107-71(43-61-48-95-52-100-61)83(118)104-69(80(115)101-66)36-54-19-6-2-7-20-54)106-82(117)70(39-58-46-98-65-24-11-9-22-63(58)65)105-79(114)67(26-16-32-96-86(91)92)102-81(116)68(35-53-17-4-1-5-18-53)103-78(113)56(38-60-47-94-51-99-60)42-76(112)87(44-75(59)111)30-33-93-34-31-87/h1-2,4-11,17-24,45-48,51-52,55-56,59,66-72,93,97-98H,3,12-16,25-44,49-50H2,(H3,89,90)(H,94,99)(H,95,100)(H,101,115)(H,102,116)(H,103,113)(H,104,118)(H,105,114)(H,106,117)(H,107,120)(H,108,119)(H4,91,92,96)/t55-,56-,59+,66+,67+,68-,69-,70+,71+,72+/m1/s1. The van der Waals surface area contributed by atoms with Gasteiger partial charge < -0.3 is 84.6 Å². The van der Waals surface area contributed by atoms with Gasteiger partial charge in [-0.25, -0.2) is 9.97 Å². The number of nitrogens with one attached hydrogen (secondary N) is 16. The molecule has 20 N–H and O–H groups in total. The van der Waals surface area contributed by atoms with Crippen molar-refractivity contribution in [2.45, 2.75) is 196 Å². The van der Waals surface area contributed by atoms with Crippen molar-refractivity contribution in [1.82, 2.24) is 83.1 Å². The number of Topliss-reactive ketones (excluding diaryl/α,β-unsaturated/α-hetero) is 4. The van der Waals surface area contributed by atoms with Crippen molar-refractivity contribution < 1.29 is 57.5 Å². The molecule has 3 saturated heterocycles. The summed E-state index contributed by atoms with van der Waals surface area (Å²) in [6, 6.07) is 22.2. The highest BCUT2D eigenvalue weighted by Gasteiger charge is 2.48. The molecule has 4 fully saturated rings. The zero-order chi connectivity index (χ0) is 86.1. The number of unbranched alkanes of at least 4 members (excludes halogenated alkanes) is 1. The first kappa shape index (κ1) is 89.5. The lowest BCUT2D eigenvalue weighted by Gasteiger charge is -2.38. The van der Waals surface area contributed by atoms with Gasteiger partial charge in [-0.15, -0.1) is 0 Å². The zero-order valence-electron chi connectivity index (χ0n) is 68.2. The minimum absolute atomic E-state index is 0.0146. The fourth-order valence-electron chi connectivity index (χ4n) is 16.9. The van der Waals surface area contributed by atoms with Gasteiger partial charge >= 0.3 is 0 Å². The number of ketones is 4. The smallest absolute Gasteiger partial charge is 0.246 e. The Bertz CT molecular complexity index is 4680. The van der Waals surface area contributed by atoms with Crippen LogP contribution in [0, 0.1) is 34.0 Å². The number of aromatic amines is 4. The molecule has 10 atom stereocenters. The van der Waals surface area contributed by atoms with Crippen molar-refractivity contribution >= 4 is 126 Å². The van der Waals surface area contributed by atoms with Crippen molar-refractivity contribution in [2.24, 2.45) is 34.6 Å². The van der Waals surface area contributed by atoms with Gasteiger partial charge in [0.15, 0.2) is 11.7 Å². The Morgan fingerprint density at radius 1 is 0.467 bits per heavy atom. The maximum atomic E-state index is 16.2. The van der Waals surface area contributed by atoms with E-state index < -0.39 is 167 Å². The van der Waals surface area contributed by atoms with Crippen LogP contribution < -0.4 is 64.6 Å². The van der Waals surface area contributed by atoms with E-state index in [0.717, 1.165) is 32.5 Å². The summed E-state index contributed by atoms with van der Waals surface area (Å²) in [5.41, 5.74) is 13.0. The summed E-state index contributed by atoms with van der Waals surface area (Å²) in [6.07, 6.45) is 9.53. The molecular formula is C88H110N20O12S2. The number of imidazole rings is 2. The van der Waals surface area contributed by atoms with Crippen LogP contribution in [0.25, 0.3) is 21.8 Å². The molecule has 1 saturated carbocycles. The van der Waals surface area contributed by atoms with E-state index in [4.69, 9.17) is 22.3 Å². The lowest BCUT2D eigenvalue weighted by Crippen LogP contribution is -2.66. The molecule has 0 radical (unpaired) electrons. The monoisotopic (exact) mass is 1700 g/mol. The number of aromatic nitrogens is 6. The number of fused-ring (bicyclic) bond motifs is 7. The number of piperidine rings is 1. The van der Waals surface area contributed by atoms with E-state index in [2.05, 4.69) is 83.1 Å². The van der Waals surface area contributed by atoms with Crippen LogP contribution in [-0.4, -0.2) is 191 Å². The highest BCUT2D eigenvalue weighted by molar-refractivity contribution is 8.76. The number of amidine groups is 1. The van der Waals surface area contributed by atoms with Gasteiger partial charge in [-0.05, 0) is 105 Å². The number of carbonyl (C=O) groups is 12. The van der Waals surface area contributed by atoms with E-state index in [1.165, 1.54) is 12.7 Å². The maximum absolute atomic E-state index is 16.2. The number of benzene rings is 4. The van der Waals surface area contributed by atoms with Gasteiger partial charge in [0, 0.05) is 146 Å². The predicted octanol–water partition coefficient (Wildman–Crippen LogP) is 5.29. The minimum atomic E-state index is -1.77. The third kappa shape index (κ3) is 24.5. The average Bonchev–Trinajstić information content (AvgIpc) is 0.858. The second-order valence-corrected chi connectivity index (χ2v) is 35.2. The third-order valence-corrected chi connectivity index (χ3v) is 26.3. The van der Waals surface area contributed by atoms with E-state index in [1.807, 2.05) is 42.5 Å². The third-order valence-electron chi connectivity index (χ3n) is 23.8. The molecule has 0 unspecified atom stereocenters. The molecule has 2 spiro atoms. The summed E-state index contributed by atoms with van der Waals surface area (Å²) < 4.78 is 0. The van der Waals surface area contributed by atoms with Crippen molar-refractivity contribution in [1.29, 1.82) is 10.8 Å². The molecule has 2 bridgehead atoms. The molecule has 122 heavy (non-hydrogen) atoms. The molecule has 8 aromatic rings. The fraction of sp³-hybridized carbons (Fsp3) is 0.455. The Labute approximate surface area is 714 Å². The fourth-order valence-corrected chi connectivity index (χ4v) is 19.4. The summed E-state index contributed by atoms with van der Waals surface area (Å²) in [5.74, 6) is -13.0. The van der Waals surface area contributed by atoms with Crippen molar-refractivity contribution in [3.63, 3.8) is 0 Å². The molecule has 4 aromatic carbocycles. The Hall–Kier alpha value is -11.8. The van der Waals surface area contributed by atoms with Crippen LogP contribution >= 0.6 is 21.6 Å². The van der Waals surface area contributed by atoms with Crippen LogP contribution in [0.3, 0.4) is 0 Å². The van der Waals surface area contributed by atoms with Crippen LogP contribution in [0.4, 0.5) is 0 Å². The average molecular weight is 1700 g/mol. The summed E-state index contributed by atoms with van der Waals surface area (Å²) in [7, 11) is 2.18. The van der Waals surface area contributed by atoms with Crippen LogP contribution in [-0.2, 0) is 96.1 Å². The number of amides is 8. The molecule has 32 nitrogen and oxygen atoms in total. The number of hydrogen-bond donors (Lipinski definition) is 18. The number of hydrogen-bond acceptors (Lipinski definition) is 19. The van der Waals surface area contributed by atoms with Gasteiger partial charge in [0.05, 0.1) is 41.8 Å². The highest BCUT2D eigenvalue weighted by Crippen LogP contribution is 2.40. The Morgan fingerprint density at radius 2 is 0.992 bits per heavy atom. The number of rotatable bonds is 21. The molecule has 4 aromatic heterocycles. The first-order chi connectivity index (χ1) is 59.0. The molecule has 1 aliphatic carbocycles. The number of para-hydroxylation sites is 2. The van der Waals surface area contributed by atoms with Crippen LogP contribution in [0.1, 0.15) is 143 Å². The summed E-state index contributed by atoms with van der Waals surface area (Å²) in [6.45, 7) is 0.642. The van der Waals surface area contributed by atoms with Crippen molar-refractivity contribution in [3.8, 4) is 0 Å². The largest absolute Gasteiger partial charge is 0.388 e. The van der Waals surface area contributed by atoms with Gasteiger partial charge in [0.25, 0.3) is 0 Å². The van der Waals surface area contributed by atoms with Crippen molar-refractivity contribution in [3.05, 3.63) is 180 Å². The predicted molar refractivity (Wildman–Crippen MR) is 464 cm³/mol. The van der Waals surface area contributed by atoms with Gasteiger partial charge in [0.2, 0.25) is 47.3 Å². The first-order valence-electron chi connectivity index (χ1n) is 42.0. The number of nitrogens with zero attached hydrogens (tertiary/aromatic N) is 2. The Balaban J connectivity index is 0.999. The van der Waals surface area contributed by atoms with Crippen molar-refractivity contribution in [2.75, 3.05) is 31.1 Å². The quantitative estimate of drug-likeness (QED) is 0.0188. The molecule has 7 heterocycles. The molecule has 8 amide bonds. The zero-order valence-corrected chi connectivity index (χ0v) is 69.8. The van der Waals surface area contributed by atoms with Crippen LogP contribution in [0.5, 0.6) is 0 Å². The molecule has 3 aliphatic heterocycles. The summed E-state index contributed by atoms with van der Waals surface area (Å²) in [4.78, 5) is 211. The first-order valence-corrected chi connectivity index (χ1v) is 44.5. The lowest BCUT2D eigenvalue weighted by molar-refractivity contribution is -0.140. The molecule has 12 rings (SSSR count). The van der Waals surface area contributed by atoms with E-state index in [9.17, 15) is 0 Å². The number of guanidine groups is 1.